The Bertz CT molecular complexity index is 580. The van der Waals surface area contributed by atoms with Gasteiger partial charge in [0.15, 0.2) is 0 Å². The molecular weight excluding hydrogens is 278 g/mol. The van der Waals surface area contributed by atoms with Crippen molar-refractivity contribution in [2.24, 2.45) is 5.10 Å². The van der Waals surface area contributed by atoms with Crippen LogP contribution in [-0.4, -0.2) is 54.6 Å². The van der Waals surface area contributed by atoms with E-state index in [1.54, 1.807) is 4.90 Å². The van der Waals surface area contributed by atoms with Crippen molar-refractivity contribution in [3.05, 3.63) is 29.8 Å². The number of amides is 1. The molecule has 6 heteroatoms. The summed E-state index contributed by atoms with van der Waals surface area (Å²) in [4.78, 5) is 16.1. The van der Waals surface area contributed by atoms with Crippen molar-refractivity contribution < 1.29 is 4.79 Å². The number of carbonyl (C=O) groups excluding carboxylic acids is 1. The third kappa shape index (κ3) is 4.06. The van der Waals surface area contributed by atoms with E-state index in [2.05, 4.69) is 22.4 Å². The van der Waals surface area contributed by atoms with Crippen molar-refractivity contribution >= 4 is 17.3 Å². The van der Waals surface area contributed by atoms with Crippen molar-refractivity contribution in [1.29, 1.82) is 5.26 Å². The minimum atomic E-state index is -0.312. The number of hydrogen-bond acceptors (Lipinski definition) is 5. The lowest BCUT2D eigenvalue weighted by molar-refractivity contribution is -0.125. The van der Waals surface area contributed by atoms with Gasteiger partial charge in [-0.2, -0.15) is 10.4 Å². The number of nitrogens with one attached hydrogen (secondary N) is 1. The topological polar surface area (TPSA) is 71.7 Å². The molecule has 0 unspecified atom stereocenters. The number of piperazine rings is 1. The predicted molar refractivity (Wildman–Crippen MR) is 86.6 cm³/mol. The maximum Gasteiger partial charge on any atom is 0.285 e. The van der Waals surface area contributed by atoms with Crippen LogP contribution >= 0.6 is 0 Å². The number of carbonyl (C=O) groups is 1. The molecule has 1 heterocycles. The summed E-state index contributed by atoms with van der Waals surface area (Å²) in [7, 11) is 2.02. The first-order chi connectivity index (χ1) is 10.6. The number of benzene rings is 1. The molecule has 1 saturated heterocycles. The fourth-order valence-electron chi connectivity index (χ4n) is 2.22. The summed E-state index contributed by atoms with van der Waals surface area (Å²) >= 11 is 0. The van der Waals surface area contributed by atoms with E-state index in [1.165, 1.54) is 5.56 Å². The summed E-state index contributed by atoms with van der Waals surface area (Å²) < 4.78 is 0. The molecule has 1 fully saturated rings. The van der Waals surface area contributed by atoms with Crippen LogP contribution in [0.3, 0.4) is 0 Å². The summed E-state index contributed by atoms with van der Waals surface area (Å²) in [5, 5.41) is 13.1. The van der Waals surface area contributed by atoms with E-state index in [4.69, 9.17) is 5.26 Å². The number of nitriles is 1. The molecule has 1 aliphatic rings. The standard InChI is InChI=1S/C16H21N5O/c1-3-13-4-6-14(7-5-13)18-19-15(12-17)16(22)21-10-8-20(2)9-11-21/h4-7,18H,3,8-11H2,1-2H3. The Morgan fingerprint density at radius 2 is 1.91 bits per heavy atom. The van der Waals surface area contributed by atoms with Crippen LogP contribution < -0.4 is 5.43 Å². The van der Waals surface area contributed by atoms with E-state index in [0.717, 1.165) is 25.2 Å². The summed E-state index contributed by atoms with van der Waals surface area (Å²) in [6.07, 6.45) is 0.967. The van der Waals surface area contributed by atoms with Gasteiger partial charge >= 0.3 is 0 Å². The first kappa shape index (κ1) is 16.0. The number of rotatable bonds is 4. The van der Waals surface area contributed by atoms with Gasteiger partial charge in [0.25, 0.3) is 5.91 Å². The number of aryl methyl sites for hydroxylation is 1. The van der Waals surface area contributed by atoms with Crippen molar-refractivity contribution in [1.82, 2.24) is 9.80 Å². The van der Waals surface area contributed by atoms with Crippen LogP contribution in [0.25, 0.3) is 0 Å². The van der Waals surface area contributed by atoms with E-state index in [1.807, 2.05) is 37.4 Å². The zero-order chi connectivity index (χ0) is 15.9. The Labute approximate surface area is 131 Å². The molecule has 22 heavy (non-hydrogen) atoms. The third-order valence-corrected chi connectivity index (χ3v) is 3.76. The maximum atomic E-state index is 12.3. The van der Waals surface area contributed by atoms with E-state index < -0.39 is 0 Å². The third-order valence-electron chi connectivity index (χ3n) is 3.76. The van der Waals surface area contributed by atoms with Gasteiger partial charge in [0.1, 0.15) is 6.07 Å². The smallest absolute Gasteiger partial charge is 0.285 e. The van der Waals surface area contributed by atoms with Gasteiger partial charge in [-0.05, 0) is 31.2 Å². The molecule has 0 radical (unpaired) electrons. The lowest BCUT2D eigenvalue weighted by Crippen LogP contribution is -2.49. The van der Waals surface area contributed by atoms with Crippen LogP contribution in [0.4, 0.5) is 5.69 Å². The number of likely N-dealkylation sites (N-methyl/N-ethyl adjacent to an activating group) is 1. The quantitative estimate of drug-likeness (QED) is 0.672. The van der Waals surface area contributed by atoms with Crippen molar-refractivity contribution in [2.75, 3.05) is 38.7 Å². The van der Waals surface area contributed by atoms with Crippen LogP contribution in [0.15, 0.2) is 29.4 Å². The van der Waals surface area contributed by atoms with Crippen molar-refractivity contribution in [3.8, 4) is 6.07 Å². The van der Waals surface area contributed by atoms with Crippen LogP contribution in [-0.2, 0) is 11.2 Å². The minimum Gasteiger partial charge on any atom is -0.334 e. The second kappa shape index (κ2) is 7.57. The van der Waals surface area contributed by atoms with Gasteiger partial charge < -0.3 is 9.80 Å². The molecule has 1 aliphatic heterocycles. The van der Waals surface area contributed by atoms with Gasteiger partial charge in [-0.1, -0.05) is 19.1 Å². The Kier molecular flexibility index (Phi) is 5.50. The van der Waals surface area contributed by atoms with Gasteiger partial charge in [-0.25, -0.2) is 0 Å². The van der Waals surface area contributed by atoms with Gasteiger partial charge in [0.05, 0.1) is 5.69 Å². The molecule has 116 valence electrons. The summed E-state index contributed by atoms with van der Waals surface area (Å²) in [5.41, 5.74) is 4.66. The second-order valence-electron chi connectivity index (χ2n) is 5.33. The van der Waals surface area contributed by atoms with E-state index in [9.17, 15) is 4.79 Å². The Balaban J connectivity index is 2.00. The molecule has 0 atom stereocenters. The predicted octanol–water partition coefficient (Wildman–Crippen LogP) is 1.31. The van der Waals surface area contributed by atoms with E-state index in [-0.39, 0.29) is 11.6 Å². The Morgan fingerprint density at radius 1 is 1.27 bits per heavy atom. The Hall–Kier alpha value is -2.39. The molecule has 6 nitrogen and oxygen atoms in total. The summed E-state index contributed by atoms with van der Waals surface area (Å²) in [5.74, 6) is -0.312. The molecule has 1 aromatic rings. The SMILES string of the molecule is CCc1ccc(NN=C(C#N)C(=O)N2CCN(C)CC2)cc1. The minimum absolute atomic E-state index is 0.107. The fourth-order valence-corrected chi connectivity index (χ4v) is 2.22. The molecule has 0 aromatic heterocycles. The number of hydrogen-bond donors (Lipinski definition) is 1. The van der Waals surface area contributed by atoms with Gasteiger partial charge in [-0.15, -0.1) is 0 Å². The van der Waals surface area contributed by atoms with E-state index >= 15 is 0 Å². The highest BCUT2D eigenvalue weighted by atomic mass is 16.2. The maximum absolute atomic E-state index is 12.3. The highest BCUT2D eigenvalue weighted by molar-refractivity contribution is 6.45. The van der Waals surface area contributed by atoms with Crippen LogP contribution in [0, 0.1) is 11.3 Å². The van der Waals surface area contributed by atoms with Gasteiger partial charge in [-0.3, -0.25) is 10.2 Å². The molecule has 1 aromatic carbocycles. The molecule has 0 saturated carbocycles. The number of anilines is 1. The normalized spacial score (nSPS) is 16.2. The molecule has 2 rings (SSSR count). The second-order valence-corrected chi connectivity index (χ2v) is 5.33. The van der Waals surface area contributed by atoms with Crippen LogP contribution in [0.1, 0.15) is 12.5 Å². The molecular formula is C16H21N5O. The first-order valence-corrected chi connectivity index (χ1v) is 7.44. The lowest BCUT2D eigenvalue weighted by atomic mass is 10.2. The highest BCUT2D eigenvalue weighted by Crippen LogP contribution is 2.10. The van der Waals surface area contributed by atoms with Crippen molar-refractivity contribution in [3.63, 3.8) is 0 Å². The van der Waals surface area contributed by atoms with Gasteiger partial charge in [0, 0.05) is 26.2 Å². The molecule has 0 aliphatic carbocycles. The summed E-state index contributed by atoms with van der Waals surface area (Å²) in [6, 6.07) is 9.64. The monoisotopic (exact) mass is 299 g/mol. The molecule has 0 spiro atoms. The molecule has 1 amide bonds. The first-order valence-electron chi connectivity index (χ1n) is 7.44. The van der Waals surface area contributed by atoms with Crippen LogP contribution in [0.2, 0.25) is 0 Å². The number of nitrogens with zero attached hydrogens (tertiary/aromatic N) is 4. The summed E-state index contributed by atoms with van der Waals surface area (Å²) in [6.45, 7) is 4.97. The average Bonchev–Trinajstić information content (AvgIpc) is 2.56. The average molecular weight is 299 g/mol. The molecule has 0 bridgehead atoms. The van der Waals surface area contributed by atoms with Gasteiger partial charge in [0.2, 0.25) is 5.71 Å². The van der Waals surface area contributed by atoms with Crippen molar-refractivity contribution in [2.45, 2.75) is 13.3 Å². The van der Waals surface area contributed by atoms with Crippen LogP contribution in [0.5, 0.6) is 0 Å². The highest BCUT2D eigenvalue weighted by Gasteiger charge is 2.23. The lowest BCUT2D eigenvalue weighted by Gasteiger charge is -2.31. The molecule has 1 N–H and O–H groups in total. The Morgan fingerprint density at radius 3 is 2.45 bits per heavy atom. The number of hydrazone groups is 1. The zero-order valence-corrected chi connectivity index (χ0v) is 13.0. The fraction of sp³-hybridized carbons (Fsp3) is 0.438. The largest absolute Gasteiger partial charge is 0.334 e. The zero-order valence-electron chi connectivity index (χ0n) is 13.0. The van der Waals surface area contributed by atoms with E-state index in [0.29, 0.717) is 13.1 Å².